The highest BCUT2D eigenvalue weighted by Crippen LogP contribution is 2.30. The van der Waals surface area contributed by atoms with Crippen molar-refractivity contribution in [2.24, 2.45) is 0 Å². The number of hydrogen-bond acceptors (Lipinski definition) is 3. The number of aliphatic hydroxyl groups is 1. The third-order valence-electron chi connectivity index (χ3n) is 2.75. The van der Waals surface area contributed by atoms with Gasteiger partial charge in [-0.15, -0.1) is 0 Å². The molecule has 1 N–H and O–H groups in total. The van der Waals surface area contributed by atoms with E-state index in [-0.39, 0.29) is 12.5 Å². The van der Waals surface area contributed by atoms with Gasteiger partial charge in [0.2, 0.25) is 5.91 Å². The van der Waals surface area contributed by atoms with Crippen molar-refractivity contribution >= 4 is 11.6 Å². The highest BCUT2D eigenvalue weighted by atomic mass is 16.3. The first-order valence-corrected chi connectivity index (χ1v) is 5.11. The van der Waals surface area contributed by atoms with Gasteiger partial charge in [0, 0.05) is 5.69 Å². The zero-order valence-electron chi connectivity index (χ0n) is 8.97. The molecule has 0 fully saturated rings. The van der Waals surface area contributed by atoms with Gasteiger partial charge in [0.25, 0.3) is 0 Å². The molecule has 1 unspecified atom stereocenters. The molecule has 2 rings (SSSR count). The number of carbonyl (C=O) groups excluding carboxylic acids is 1. The topological polar surface area (TPSA) is 64.3 Å². The molecule has 1 aliphatic rings. The Morgan fingerprint density at radius 2 is 2.38 bits per heavy atom. The van der Waals surface area contributed by atoms with E-state index in [0.717, 1.165) is 16.8 Å². The first-order valence-electron chi connectivity index (χ1n) is 5.11. The Kier molecular flexibility index (Phi) is 2.63. The molecule has 1 heterocycles. The third-order valence-corrected chi connectivity index (χ3v) is 2.75. The molecule has 1 amide bonds. The Hall–Kier alpha value is -1.86. The van der Waals surface area contributed by atoms with E-state index in [0.29, 0.717) is 6.42 Å². The van der Waals surface area contributed by atoms with Gasteiger partial charge in [0.1, 0.15) is 6.54 Å². The van der Waals surface area contributed by atoms with Gasteiger partial charge in [0.05, 0.1) is 18.6 Å². The minimum Gasteiger partial charge on any atom is -0.389 e. The van der Waals surface area contributed by atoms with Crippen LogP contribution in [0.25, 0.3) is 0 Å². The second-order valence-corrected chi connectivity index (χ2v) is 3.88. The summed E-state index contributed by atoms with van der Waals surface area (Å²) in [5.41, 5.74) is 2.47. The van der Waals surface area contributed by atoms with Crippen LogP contribution in [0.15, 0.2) is 18.2 Å². The van der Waals surface area contributed by atoms with Gasteiger partial charge in [-0.1, -0.05) is 12.1 Å². The van der Waals surface area contributed by atoms with Gasteiger partial charge in [-0.05, 0) is 24.1 Å². The first kappa shape index (κ1) is 10.7. The van der Waals surface area contributed by atoms with E-state index in [9.17, 15) is 9.90 Å². The molecule has 0 bridgehead atoms. The number of rotatable bonds is 2. The van der Waals surface area contributed by atoms with Crippen LogP contribution < -0.4 is 4.90 Å². The smallest absolute Gasteiger partial charge is 0.232 e. The van der Waals surface area contributed by atoms with Crippen LogP contribution in [0.2, 0.25) is 0 Å². The van der Waals surface area contributed by atoms with E-state index in [1.165, 1.54) is 4.90 Å². The Balaban J connectivity index is 2.39. The molecular formula is C12H12N2O2. The SMILES string of the molecule is CC(O)c1ccc2c(c1)CC(=O)N2CC#N. The molecule has 0 aliphatic carbocycles. The number of nitriles is 1. The first-order chi connectivity index (χ1) is 7.63. The maximum absolute atomic E-state index is 11.6. The van der Waals surface area contributed by atoms with Gasteiger partial charge >= 0.3 is 0 Å². The van der Waals surface area contributed by atoms with Crippen LogP contribution in [0, 0.1) is 11.3 Å². The number of aliphatic hydroxyl groups excluding tert-OH is 1. The highest BCUT2D eigenvalue weighted by molar-refractivity contribution is 6.01. The molecule has 0 spiro atoms. The summed E-state index contributed by atoms with van der Waals surface area (Å²) in [4.78, 5) is 13.1. The molecule has 1 aromatic carbocycles. The van der Waals surface area contributed by atoms with E-state index in [2.05, 4.69) is 0 Å². The summed E-state index contributed by atoms with van der Waals surface area (Å²) in [7, 11) is 0. The Morgan fingerprint density at radius 3 is 3.00 bits per heavy atom. The number of anilines is 1. The molecule has 1 aromatic rings. The van der Waals surface area contributed by atoms with Crippen LogP contribution in [-0.2, 0) is 11.2 Å². The average molecular weight is 216 g/mol. The van der Waals surface area contributed by atoms with Crippen molar-refractivity contribution in [1.29, 1.82) is 5.26 Å². The predicted octanol–water partition coefficient (Wildman–Crippen LogP) is 1.15. The van der Waals surface area contributed by atoms with Crippen LogP contribution in [0.4, 0.5) is 5.69 Å². The lowest BCUT2D eigenvalue weighted by Crippen LogP contribution is -2.26. The number of amides is 1. The zero-order chi connectivity index (χ0) is 11.7. The number of carbonyl (C=O) groups is 1. The quantitative estimate of drug-likeness (QED) is 0.754. The van der Waals surface area contributed by atoms with E-state index in [1.807, 2.05) is 12.1 Å². The summed E-state index contributed by atoms with van der Waals surface area (Å²) >= 11 is 0. The molecule has 0 saturated carbocycles. The standard InChI is InChI=1S/C12H12N2O2/c1-8(15)9-2-3-11-10(6-9)7-12(16)14(11)5-4-13/h2-3,6,8,15H,5,7H2,1H3. The van der Waals surface area contributed by atoms with Crippen LogP contribution in [0.1, 0.15) is 24.2 Å². The molecule has 4 heteroatoms. The Bertz CT molecular complexity index is 474. The van der Waals surface area contributed by atoms with Crippen LogP contribution in [0.3, 0.4) is 0 Å². The predicted molar refractivity (Wildman–Crippen MR) is 58.7 cm³/mol. The number of nitrogens with zero attached hydrogens (tertiary/aromatic N) is 2. The average Bonchev–Trinajstić information content (AvgIpc) is 2.55. The monoisotopic (exact) mass is 216 g/mol. The summed E-state index contributed by atoms with van der Waals surface area (Å²) < 4.78 is 0. The maximum atomic E-state index is 11.6. The van der Waals surface area contributed by atoms with Crippen molar-refractivity contribution < 1.29 is 9.90 Å². The summed E-state index contributed by atoms with van der Waals surface area (Å²) in [6.07, 6.45) is -0.220. The van der Waals surface area contributed by atoms with Crippen LogP contribution in [0.5, 0.6) is 0 Å². The van der Waals surface area contributed by atoms with E-state index in [4.69, 9.17) is 5.26 Å². The summed E-state index contributed by atoms with van der Waals surface area (Å²) in [5, 5.41) is 18.1. The van der Waals surface area contributed by atoms with Crippen LogP contribution in [-0.4, -0.2) is 17.6 Å². The zero-order valence-corrected chi connectivity index (χ0v) is 8.97. The van der Waals surface area contributed by atoms with Crippen LogP contribution >= 0.6 is 0 Å². The largest absolute Gasteiger partial charge is 0.389 e. The number of hydrogen-bond donors (Lipinski definition) is 1. The lowest BCUT2D eigenvalue weighted by atomic mass is 10.1. The molecular weight excluding hydrogens is 204 g/mol. The maximum Gasteiger partial charge on any atom is 0.232 e. The van der Waals surface area contributed by atoms with Gasteiger partial charge in [-0.3, -0.25) is 9.69 Å². The Labute approximate surface area is 93.7 Å². The van der Waals surface area contributed by atoms with Crippen molar-refractivity contribution in [2.75, 3.05) is 11.4 Å². The highest BCUT2D eigenvalue weighted by Gasteiger charge is 2.27. The normalized spacial score (nSPS) is 15.8. The van der Waals surface area contributed by atoms with Crippen molar-refractivity contribution in [1.82, 2.24) is 0 Å². The fourth-order valence-corrected chi connectivity index (χ4v) is 1.91. The summed E-state index contributed by atoms with van der Waals surface area (Å²) in [5.74, 6) is -0.0562. The van der Waals surface area contributed by atoms with Crippen molar-refractivity contribution in [3.63, 3.8) is 0 Å². The molecule has 16 heavy (non-hydrogen) atoms. The lowest BCUT2D eigenvalue weighted by molar-refractivity contribution is -0.117. The minimum atomic E-state index is -0.537. The summed E-state index contributed by atoms with van der Waals surface area (Å²) in [6, 6.07) is 7.38. The fourth-order valence-electron chi connectivity index (χ4n) is 1.91. The fraction of sp³-hybridized carbons (Fsp3) is 0.333. The number of fused-ring (bicyclic) bond motifs is 1. The van der Waals surface area contributed by atoms with Gasteiger partial charge in [-0.2, -0.15) is 5.26 Å². The Morgan fingerprint density at radius 1 is 1.62 bits per heavy atom. The molecule has 0 saturated heterocycles. The minimum absolute atomic E-state index is 0.0562. The molecule has 4 nitrogen and oxygen atoms in total. The molecule has 82 valence electrons. The third kappa shape index (κ3) is 1.66. The van der Waals surface area contributed by atoms with Crippen molar-refractivity contribution in [3.05, 3.63) is 29.3 Å². The molecule has 1 atom stereocenters. The second-order valence-electron chi connectivity index (χ2n) is 3.88. The lowest BCUT2D eigenvalue weighted by Gasteiger charge is -2.13. The number of benzene rings is 1. The van der Waals surface area contributed by atoms with E-state index < -0.39 is 6.10 Å². The summed E-state index contributed by atoms with van der Waals surface area (Å²) in [6.45, 7) is 1.77. The van der Waals surface area contributed by atoms with Crippen molar-refractivity contribution in [2.45, 2.75) is 19.4 Å². The second kappa shape index (κ2) is 3.95. The van der Waals surface area contributed by atoms with E-state index >= 15 is 0 Å². The van der Waals surface area contributed by atoms with Gasteiger partial charge < -0.3 is 5.11 Å². The molecule has 0 radical (unpaired) electrons. The van der Waals surface area contributed by atoms with Gasteiger partial charge in [0.15, 0.2) is 0 Å². The van der Waals surface area contributed by atoms with E-state index in [1.54, 1.807) is 19.1 Å². The van der Waals surface area contributed by atoms with Crippen molar-refractivity contribution in [3.8, 4) is 6.07 Å². The van der Waals surface area contributed by atoms with Gasteiger partial charge in [-0.25, -0.2) is 0 Å². The molecule has 0 aromatic heterocycles. The molecule has 1 aliphatic heterocycles.